The molecule has 1 unspecified atom stereocenters. The van der Waals surface area contributed by atoms with Gasteiger partial charge in [0.25, 0.3) is 0 Å². The van der Waals surface area contributed by atoms with Crippen molar-refractivity contribution in [3.05, 3.63) is 18.5 Å². The lowest BCUT2D eigenvalue weighted by Gasteiger charge is -2.20. The third-order valence-corrected chi connectivity index (χ3v) is 2.06. The summed E-state index contributed by atoms with van der Waals surface area (Å²) in [6, 6.07) is 2.35. The molecule has 1 aromatic rings. The maximum Gasteiger partial charge on any atom is 0.0617 e. The highest BCUT2D eigenvalue weighted by atomic mass is 15.3. The van der Waals surface area contributed by atoms with Crippen LogP contribution in [0.15, 0.2) is 18.5 Å². The Labute approximate surface area is 79.3 Å². The Balaban J connectivity index is 2.37. The van der Waals surface area contributed by atoms with Crippen LogP contribution >= 0.6 is 0 Å². The Morgan fingerprint density at radius 2 is 2.38 bits per heavy atom. The quantitative estimate of drug-likeness (QED) is 0.714. The molecule has 1 aromatic heterocycles. The maximum atomic E-state index is 5.46. The molecule has 4 nitrogen and oxygen atoms in total. The van der Waals surface area contributed by atoms with E-state index < -0.39 is 0 Å². The molecule has 0 spiro atoms. The zero-order valence-corrected chi connectivity index (χ0v) is 8.35. The molecule has 0 radical (unpaired) electrons. The fourth-order valence-electron chi connectivity index (χ4n) is 1.39. The summed E-state index contributed by atoms with van der Waals surface area (Å²) in [6.07, 6.45) is 3.79. The van der Waals surface area contributed by atoms with E-state index in [0.29, 0.717) is 12.6 Å². The highest BCUT2D eigenvalue weighted by molar-refractivity contribution is 4.81. The van der Waals surface area contributed by atoms with E-state index in [0.717, 1.165) is 13.1 Å². The minimum atomic E-state index is 0.409. The monoisotopic (exact) mass is 182 g/mol. The van der Waals surface area contributed by atoms with Gasteiger partial charge in [-0.3, -0.25) is 4.68 Å². The summed E-state index contributed by atoms with van der Waals surface area (Å²) in [4.78, 5) is 2.21. The first-order valence-electron chi connectivity index (χ1n) is 4.61. The van der Waals surface area contributed by atoms with Crippen molar-refractivity contribution in [1.82, 2.24) is 14.7 Å². The van der Waals surface area contributed by atoms with Crippen LogP contribution in [0.25, 0.3) is 0 Å². The lowest BCUT2D eigenvalue weighted by Crippen LogP contribution is -2.30. The molecule has 0 aromatic carbocycles. The predicted molar refractivity (Wildman–Crippen MR) is 53.5 cm³/mol. The molecule has 74 valence electrons. The molecule has 1 rings (SSSR count). The SMILES string of the molecule is CC(CN(C)CCN)n1cccn1. The van der Waals surface area contributed by atoms with Crippen LogP contribution in [0.2, 0.25) is 0 Å². The molecule has 0 fully saturated rings. The van der Waals surface area contributed by atoms with Gasteiger partial charge in [0.1, 0.15) is 0 Å². The second kappa shape index (κ2) is 4.99. The third-order valence-electron chi connectivity index (χ3n) is 2.06. The van der Waals surface area contributed by atoms with Crippen molar-refractivity contribution < 1.29 is 0 Å². The minimum absolute atomic E-state index is 0.409. The van der Waals surface area contributed by atoms with Gasteiger partial charge in [0.15, 0.2) is 0 Å². The minimum Gasteiger partial charge on any atom is -0.329 e. The number of hydrogen-bond donors (Lipinski definition) is 1. The number of hydrogen-bond acceptors (Lipinski definition) is 3. The second-order valence-corrected chi connectivity index (χ2v) is 3.39. The summed E-state index contributed by atoms with van der Waals surface area (Å²) in [6.45, 7) is 4.78. The van der Waals surface area contributed by atoms with E-state index in [4.69, 9.17) is 5.73 Å². The van der Waals surface area contributed by atoms with Crippen molar-refractivity contribution in [1.29, 1.82) is 0 Å². The molecule has 1 atom stereocenters. The zero-order chi connectivity index (χ0) is 9.68. The van der Waals surface area contributed by atoms with E-state index in [9.17, 15) is 0 Å². The highest BCUT2D eigenvalue weighted by Gasteiger charge is 2.06. The number of nitrogens with two attached hydrogens (primary N) is 1. The summed E-state index contributed by atoms with van der Waals surface area (Å²) >= 11 is 0. The van der Waals surface area contributed by atoms with Gasteiger partial charge in [-0.1, -0.05) is 0 Å². The van der Waals surface area contributed by atoms with Gasteiger partial charge in [0.2, 0.25) is 0 Å². The summed E-state index contributed by atoms with van der Waals surface area (Å²) in [5, 5.41) is 4.19. The lowest BCUT2D eigenvalue weighted by atomic mass is 10.3. The Morgan fingerprint density at radius 3 is 2.92 bits per heavy atom. The molecule has 0 saturated heterocycles. The summed E-state index contributed by atoms with van der Waals surface area (Å²) in [7, 11) is 2.08. The first kappa shape index (κ1) is 10.2. The van der Waals surface area contributed by atoms with Crippen LogP contribution in [0.1, 0.15) is 13.0 Å². The number of aromatic nitrogens is 2. The normalized spacial score (nSPS) is 13.5. The first-order chi connectivity index (χ1) is 6.24. The lowest BCUT2D eigenvalue weighted by molar-refractivity contribution is 0.282. The van der Waals surface area contributed by atoms with Crippen molar-refractivity contribution in [3.8, 4) is 0 Å². The van der Waals surface area contributed by atoms with Crippen LogP contribution in [0.3, 0.4) is 0 Å². The number of likely N-dealkylation sites (N-methyl/N-ethyl adjacent to an activating group) is 1. The standard InChI is InChI=1S/C9H18N4/c1-9(8-12(2)7-4-10)13-6-3-5-11-13/h3,5-6,9H,4,7-8,10H2,1-2H3. The van der Waals surface area contributed by atoms with Crippen LogP contribution in [0.5, 0.6) is 0 Å². The Bertz CT molecular complexity index is 220. The Hall–Kier alpha value is -0.870. The number of nitrogens with zero attached hydrogens (tertiary/aromatic N) is 3. The topological polar surface area (TPSA) is 47.1 Å². The molecule has 4 heteroatoms. The summed E-state index contributed by atoms with van der Waals surface area (Å²) < 4.78 is 1.97. The van der Waals surface area contributed by atoms with Crippen molar-refractivity contribution >= 4 is 0 Å². The van der Waals surface area contributed by atoms with Crippen LogP contribution in [-0.2, 0) is 0 Å². The summed E-state index contributed by atoms with van der Waals surface area (Å²) in [5.41, 5.74) is 5.46. The average Bonchev–Trinajstić information content (AvgIpc) is 2.55. The fraction of sp³-hybridized carbons (Fsp3) is 0.667. The largest absolute Gasteiger partial charge is 0.329 e. The molecular formula is C9H18N4. The second-order valence-electron chi connectivity index (χ2n) is 3.39. The van der Waals surface area contributed by atoms with Gasteiger partial charge in [-0.15, -0.1) is 0 Å². The van der Waals surface area contributed by atoms with Crippen molar-refractivity contribution in [2.75, 3.05) is 26.7 Å². The molecule has 0 saturated carbocycles. The van der Waals surface area contributed by atoms with Gasteiger partial charge in [0, 0.05) is 32.0 Å². The van der Waals surface area contributed by atoms with Gasteiger partial charge in [-0.05, 0) is 20.0 Å². The van der Waals surface area contributed by atoms with Gasteiger partial charge in [0.05, 0.1) is 6.04 Å². The molecule has 0 aliphatic carbocycles. The first-order valence-corrected chi connectivity index (χ1v) is 4.61. The molecule has 0 aliphatic rings. The van der Waals surface area contributed by atoms with Gasteiger partial charge >= 0.3 is 0 Å². The van der Waals surface area contributed by atoms with Gasteiger partial charge < -0.3 is 10.6 Å². The smallest absolute Gasteiger partial charge is 0.0617 e. The molecule has 1 heterocycles. The van der Waals surface area contributed by atoms with Crippen LogP contribution in [0.4, 0.5) is 0 Å². The van der Waals surface area contributed by atoms with Crippen LogP contribution in [0, 0.1) is 0 Å². The summed E-state index contributed by atoms with van der Waals surface area (Å²) in [5.74, 6) is 0. The zero-order valence-electron chi connectivity index (χ0n) is 8.35. The van der Waals surface area contributed by atoms with Gasteiger partial charge in [-0.25, -0.2) is 0 Å². The van der Waals surface area contributed by atoms with E-state index >= 15 is 0 Å². The van der Waals surface area contributed by atoms with E-state index in [2.05, 4.69) is 24.0 Å². The van der Waals surface area contributed by atoms with Crippen molar-refractivity contribution in [3.63, 3.8) is 0 Å². The fourth-order valence-corrected chi connectivity index (χ4v) is 1.39. The van der Waals surface area contributed by atoms with E-state index in [1.54, 1.807) is 6.20 Å². The van der Waals surface area contributed by atoms with Crippen LogP contribution in [-0.4, -0.2) is 41.4 Å². The Kier molecular flexibility index (Phi) is 3.92. The molecular weight excluding hydrogens is 164 g/mol. The maximum absolute atomic E-state index is 5.46. The van der Waals surface area contributed by atoms with E-state index in [-0.39, 0.29) is 0 Å². The molecule has 2 N–H and O–H groups in total. The average molecular weight is 182 g/mol. The Morgan fingerprint density at radius 1 is 1.62 bits per heavy atom. The predicted octanol–water partition coefficient (Wildman–Crippen LogP) is 0.335. The van der Waals surface area contributed by atoms with Crippen molar-refractivity contribution in [2.24, 2.45) is 5.73 Å². The van der Waals surface area contributed by atoms with Gasteiger partial charge in [-0.2, -0.15) is 5.10 Å². The highest BCUT2D eigenvalue weighted by Crippen LogP contribution is 2.04. The van der Waals surface area contributed by atoms with E-state index in [1.807, 2.05) is 16.9 Å². The van der Waals surface area contributed by atoms with E-state index in [1.165, 1.54) is 0 Å². The third kappa shape index (κ3) is 3.16. The molecule has 13 heavy (non-hydrogen) atoms. The molecule has 0 amide bonds. The molecule has 0 aliphatic heterocycles. The molecule has 0 bridgehead atoms. The van der Waals surface area contributed by atoms with Crippen LogP contribution < -0.4 is 5.73 Å². The number of rotatable bonds is 5. The van der Waals surface area contributed by atoms with Crippen molar-refractivity contribution in [2.45, 2.75) is 13.0 Å².